The van der Waals surface area contributed by atoms with Crippen LogP contribution in [0.25, 0.3) is 0 Å². The third-order valence-electron chi connectivity index (χ3n) is 2.78. The standard InChI is InChI=1S/C14H22O3/c1-4-17-14-8-5-10(2)9-12(14)6-7-13(16)11(3)15/h5,8-9,11,13,15-16H,4,6-7H2,1-3H3. The molecule has 2 N–H and O–H groups in total. The highest BCUT2D eigenvalue weighted by Gasteiger charge is 2.12. The Labute approximate surface area is 103 Å². The molecule has 0 spiro atoms. The zero-order valence-corrected chi connectivity index (χ0v) is 10.8. The topological polar surface area (TPSA) is 49.7 Å². The van der Waals surface area contributed by atoms with E-state index in [-0.39, 0.29) is 0 Å². The van der Waals surface area contributed by atoms with E-state index in [0.717, 1.165) is 11.3 Å². The van der Waals surface area contributed by atoms with Crippen LogP contribution in [0.4, 0.5) is 0 Å². The molecule has 0 amide bonds. The van der Waals surface area contributed by atoms with E-state index in [2.05, 4.69) is 6.07 Å². The van der Waals surface area contributed by atoms with Crippen LogP contribution >= 0.6 is 0 Å². The second kappa shape index (κ2) is 6.62. The van der Waals surface area contributed by atoms with Gasteiger partial charge in [0.15, 0.2) is 0 Å². The molecule has 0 aromatic heterocycles. The lowest BCUT2D eigenvalue weighted by Crippen LogP contribution is -2.22. The predicted octanol–water partition coefficient (Wildman–Crippen LogP) is 2.07. The van der Waals surface area contributed by atoms with Gasteiger partial charge in [0.2, 0.25) is 0 Å². The molecule has 96 valence electrons. The van der Waals surface area contributed by atoms with E-state index in [1.165, 1.54) is 5.56 Å². The minimum Gasteiger partial charge on any atom is -0.494 e. The molecule has 0 fully saturated rings. The van der Waals surface area contributed by atoms with E-state index in [1.54, 1.807) is 6.92 Å². The fraction of sp³-hybridized carbons (Fsp3) is 0.571. The van der Waals surface area contributed by atoms with E-state index >= 15 is 0 Å². The first-order valence-corrected chi connectivity index (χ1v) is 6.13. The van der Waals surface area contributed by atoms with Crippen LogP contribution in [-0.2, 0) is 6.42 Å². The zero-order valence-electron chi connectivity index (χ0n) is 10.8. The highest BCUT2D eigenvalue weighted by molar-refractivity contribution is 5.37. The molecule has 0 aliphatic carbocycles. The van der Waals surface area contributed by atoms with Crippen molar-refractivity contribution in [1.82, 2.24) is 0 Å². The van der Waals surface area contributed by atoms with E-state index in [0.29, 0.717) is 19.4 Å². The molecular weight excluding hydrogens is 216 g/mol. The van der Waals surface area contributed by atoms with Gasteiger partial charge < -0.3 is 14.9 Å². The molecule has 1 rings (SSSR count). The Hall–Kier alpha value is -1.06. The fourth-order valence-corrected chi connectivity index (χ4v) is 1.74. The maximum absolute atomic E-state index is 9.59. The van der Waals surface area contributed by atoms with Crippen molar-refractivity contribution in [3.8, 4) is 5.75 Å². The number of rotatable bonds is 6. The minimum atomic E-state index is -0.685. The third kappa shape index (κ3) is 4.36. The molecule has 3 heteroatoms. The second-order valence-corrected chi connectivity index (χ2v) is 4.39. The highest BCUT2D eigenvalue weighted by atomic mass is 16.5. The average Bonchev–Trinajstić information content (AvgIpc) is 2.29. The van der Waals surface area contributed by atoms with Crippen molar-refractivity contribution < 1.29 is 14.9 Å². The van der Waals surface area contributed by atoms with Gasteiger partial charge in [-0.3, -0.25) is 0 Å². The average molecular weight is 238 g/mol. The molecule has 17 heavy (non-hydrogen) atoms. The molecule has 3 nitrogen and oxygen atoms in total. The first-order valence-electron chi connectivity index (χ1n) is 6.13. The van der Waals surface area contributed by atoms with E-state index in [4.69, 9.17) is 4.74 Å². The van der Waals surface area contributed by atoms with Crippen LogP contribution in [-0.4, -0.2) is 29.0 Å². The van der Waals surface area contributed by atoms with Crippen LogP contribution < -0.4 is 4.74 Å². The molecule has 0 aliphatic heterocycles. The Balaban J connectivity index is 2.71. The summed E-state index contributed by atoms with van der Waals surface area (Å²) < 4.78 is 5.54. The van der Waals surface area contributed by atoms with Crippen molar-refractivity contribution in [1.29, 1.82) is 0 Å². The SMILES string of the molecule is CCOc1ccc(C)cc1CCC(O)C(C)O. The van der Waals surface area contributed by atoms with Gasteiger partial charge in [-0.1, -0.05) is 17.7 Å². The minimum absolute atomic E-state index is 0.543. The monoisotopic (exact) mass is 238 g/mol. The first-order chi connectivity index (χ1) is 8.04. The highest BCUT2D eigenvalue weighted by Crippen LogP contribution is 2.22. The Kier molecular flexibility index (Phi) is 5.45. The number of ether oxygens (including phenoxy) is 1. The van der Waals surface area contributed by atoms with Gasteiger partial charge in [-0.25, -0.2) is 0 Å². The van der Waals surface area contributed by atoms with Gasteiger partial charge in [-0.05, 0) is 45.2 Å². The summed E-state index contributed by atoms with van der Waals surface area (Å²) in [5, 5.41) is 18.8. The molecule has 2 unspecified atom stereocenters. The summed E-state index contributed by atoms with van der Waals surface area (Å²) in [7, 11) is 0. The summed E-state index contributed by atoms with van der Waals surface area (Å²) in [5.74, 6) is 0.871. The van der Waals surface area contributed by atoms with Crippen molar-refractivity contribution in [2.24, 2.45) is 0 Å². The van der Waals surface area contributed by atoms with Crippen LogP contribution in [0.1, 0.15) is 31.4 Å². The Morgan fingerprint density at radius 2 is 2.00 bits per heavy atom. The summed E-state index contributed by atoms with van der Waals surface area (Å²) in [4.78, 5) is 0. The number of aliphatic hydroxyl groups excluding tert-OH is 2. The first kappa shape index (κ1) is 14.0. The van der Waals surface area contributed by atoms with Crippen LogP contribution in [0.2, 0.25) is 0 Å². The number of aryl methyl sites for hydroxylation is 2. The predicted molar refractivity (Wildman–Crippen MR) is 68.4 cm³/mol. The van der Waals surface area contributed by atoms with Crippen molar-refractivity contribution >= 4 is 0 Å². The Bertz CT molecular complexity index is 347. The van der Waals surface area contributed by atoms with Gasteiger partial charge in [-0.2, -0.15) is 0 Å². The Morgan fingerprint density at radius 1 is 1.29 bits per heavy atom. The van der Waals surface area contributed by atoms with Gasteiger partial charge in [0.25, 0.3) is 0 Å². The third-order valence-corrected chi connectivity index (χ3v) is 2.78. The summed E-state index contributed by atoms with van der Waals surface area (Å²) in [6.45, 7) is 6.22. The summed E-state index contributed by atoms with van der Waals surface area (Å²) in [6.07, 6.45) is -0.107. The number of hydrogen-bond acceptors (Lipinski definition) is 3. The van der Waals surface area contributed by atoms with Crippen molar-refractivity contribution in [2.75, 3.05) is 6.61 Å². The van der Waals surface area contributed by atoms with Crippen LogP contribution in [0.15, 0.2) is 18.2 Å². The molecule has 0 radical (unpaired) electrons. The van der Waals surface area contributed by atoms with Gasteiger partial charge in [0, 0.05) is 0 Å². The fourth-order valence-electron chi connectivity index (χ4n) is 1.74. The van der Waals surface area contributed by atoms with E-state index < -0.39 is 12.2 Å². The molecule has 1 aromatic rings. The van der Waals surface area contributed by atoms with Crippen molar-refractivity contribution in [2.45, 2.75) is 45.8 Å². The van der Waals surface area contributed by atoms with Gasteiger partial charge in [0.1, 0.15) is 5.75 Å². The van der Waals surface area contributed by atoms with Crippen molar-refractivity contribution in [3.05, 3.63) is 29.3 Å². The molecule has 0 heterocycles. The van der Waals surface area contributed by atoms with Crippen LogP contribution in [0.5, 0.6) is 5.75 Å². The van der Waals surface area contributed by atoms with Crippen molar-refractivity contribution in [3.63, 3.8) is 0 Å². The Morgan fingerprint density at radius 3 is 2.59 bits per heavy atom. The molecule has 0 aliphatic rings. The van der Waals surface area contributed by atoms with Crippen LogP contribution in [0.3, 0.4) is 0 Å². The normalized spacial score (nSPS) is 14.4. The zero-order chi connectivity index (χ0) is 12.8. The molecular formula is C14H22O3. The second-order valence-electron chi connectivity index (χ2n) is 4.39. The number of hydrogen-bond donors (Lipinski definition) is 2. The number of aliphatic hydroxyl groups is 2. The number of benzene rings is 1. The molecule has 0 saturated carbocycles. The quantitative estimate of drug-likeness (QED) is 0.797. The maximum atomic E-state index is 9.59. The molecule has 1 aromatic carbocycles. The maximum Gasteiger partial charge on any atom is 0.122 e. The molecule has 2 atom stereocenters. The van der Waals surface area contributed by atoms with Gasteiger partial charge in [-0.15, -0.1) is 0 Å². The summed E-state index contributed by atoms with van der Waals surface area (Å²) in [5.41, 5.74) is 2.27. The lowest BCUT2D eigenvalue weighted by atomic mass is 10.0. The summed E-state index contributed by atoms with van der Waals surface area (Å²) in [6, 6.07) is 6.04. The largest absolute Gasteiger partial charge is 0.494 e. The molecule has 0 bridgehead atoms. The van der Waals surface area contributed by atoms with Gasteiger partial charge in [0.05, 0.1) is 18.8 Å². The van der Waals surface area contributed by atoms with E-state index in [9.17, 15) is 10.2 Å². The van der Waals surface area contributed by atoms with E-state index in [1.807, 2.05) is 26.0 Å². The molecule has 0 saturated heterocycles. The van der Waals surface area contributed by atoms with Gasteiger partial charge >= 0.3 is 0 Å². The smallest absolute Gasteiger partial charge is 0.122 e. The lowest BCUT2D eigenvalue weighted by molar-refractivity contribution is 0.0264. The summed E-state index contributed by atoms with van der Waals surface area (Å²) >= 11 is 0. The van der Waals surface area contributed by atoms with Crippen LogP contribution in [0, 0.1) is 6.92 Å². The lowest BCUT2D eigenvalue weighted by Gasteiger charge is -2.15.